The van der Waals surface area contributed by atoms with Crippen LogP contribution in [0.25, 0.3) is 11.7 Å². The Balaban J connectivity index is 1.78. The highest BCUT2D eigenvalue weighted by Crippen LogP contribution is 2.26. The van der Waals surface area contributed by atoms with E-state index in [1.807, 2.05) is 19.1 Å². The number of carbonyl (C=O) groups is 1. The summed E-state index contributed by atoms with van der Waals surface area (Å²) in [5, 5.41) is 12.3. The number of amides is 1. The van der Waals surface area contributed by atoms with E-state index in [4.69, 9.17) is 9.47 Å². The molecule has 34 heavy (non-hydrogen) atoms. The Morgan fingerprint density at radius 1 is 1.09 bits per heavy atom. The van der Waals surface area contributed by atoms with Crippen molar-refractivity contribution in [2.45, 2.75) is 6.92 Å². The lowest BCUT2D eigenvalue weighted by molar-refractivity contribution is -0.112. The van der Waals surface area contributed by atoms with E-state index in [2.05, 4.69) is 10.3 Å². The molecule has 168 valence electrons. The number of aromatic nitrogens is 2. The summed E-state index contributed by atoms with van der Waals surface area (Å²) in [7, 11) is 1.55. The minimum absolute atomic E-state index is 0.0301. The van der Waals surface area contributed by atoms with Crippen LogP contribution in [0.15, 0.2) is 83.3 Å². The highest BCUT2D eigenvalue weighted by atomic mass is 16.5. The number of hydrogen-bond acceptors (Lipinski definition) is 6. The van der Waals surface area contributed by atoms with Gasteiger partial charge in [-0.25, -0.2) is 0 Å². The van der Waals surface area contributed by atoms with Gasteiger partial charge in [0.2, 0.25) is 5.88 Å². The quantitative estimate of drug-likeness (QED) is 0.344. The standard InChI is InChI=1S/C26H20N4O4/c1-17-6-5-7-19(14-17)28-24(31)18(16-27)15-22-25(34-21-11-9-20(33-2)10-12-21)29-23-8-3-4-13-30(23)26(22)32/h3-15H,1-2H3,(H,28,31)/b18-15+. The molecular formula is C26H20N4O4. The first-order valence-electron chi connectivity index (χ1n) is 10.3. The summed E-state index contributed by atoms with van der Waals surface area (Å²) in [6.07, 6.45) is 2.75. The molecule has 0 aliphatic carbocycles. The number of ether oxygens (including phenoxy) is 2. The van der Waals surface area contributed by atoms with E-state index in [0.29, 0.717) is 22.8 Å². The van der Waals surface area contributed by atoms with Crippen molar-refractivity contribution >= 4 is 23.3 Å². The number of benzene rings is 2. The average Bonchev–Trinajstić information content (AvgIpc) is 2.84. The van der Waals surface area contributed by atoms with Gasteiger partial charge in [0.05, 0.1) is 7.11 Å². The van der Waals surface area contributed by atoms with Crippen molar-refractivity contribution in [2.75, 3.05) is 12.4 Å². The van der Waals surface area contributed by atoms with Crippen molar-refractivity contribution in [3.05, 3.63) is 100.0 Å². The number of hydrogen-bond donors (Lipinski definition) is 1. The fourth-order valence-electron chi connectivity index (χ4n) is 3.25. The lowest BCUT2D eigenvalue weighted by Crippen LogP contribution is -2.20. The molecule has 0 bridgehead atoms. The summed E-state index contributed by atoms with van der Waals surface area (Å²) in [5.41, 5.74) is 1.06. The van der Waals surface area contributed by atoms with Crippen LogP contribution in [0.5, 0.6) is 17.4 Å². The largest absolute Gasteiger partial charge is 0.497 e. The molecule has 8 heteroatoms. The van der Waals surface area contributed by atoms with Crippen LogP contribution in [-0.2, 0) is 4.79 Å². The lowest BCUT2D eigenvalue weighted by atomic mass is 10.1. The van der Waals surface area contributed by atoms with Crippen molar-refractivity contribution in [1.82, 2.24) is 9.38 Å². The van der Waals surface area contributed by atoms with Crippen LogP contribution in [0.3, 0.4) is 0 Å². The second-order valence-electron chi connectivity index (χ2n) is 7.34. The SMILES string of the molecule is COc1ccc(Oc2nc3ccccn3c(=O)c2/C=C(\C#N)C(=O)Nc2cccc(C)c2)cc1. The second kappa shape index (κ2) is 9.71. The maximum Gasteiger partial charge on any atom is 0.269 e. The van der Waals surface area contributed by atoms with Crippen LogP contribution >= 0.6 is 0 Å². The van der Waals surface area contributed by atoms with Crippen LogP contribution < -0.4 is 20.3 Å². The van der Waals surface area contributed by atoms with Crippen molar-refractivity contribution in [3.8, 4) is 23.4 Å². The van der Waals surface area contributed by atoms with Crippen molar-refractivity contribution in [1.29, 1.82) is 5.26 Å². The molecule has 0 spiro atoms. The molecule has 0 aliphatic heterocycles. The summed E-state index contributed by atoms with van der Waals surface area (Å²) < 4.78 is 12.4. The Morgan fingerprint density at radius 2 is 1.85 bits per heavy atom. The molecule has 1 amide bonds. The predicted octanol–water partition coefficient (Wildman–Crippen LogP) is 4.35. The number of rotatable bonds is 6. The third-order valence-corrected chi connectivity index (χ3v) is 4.94. The Kier molecular flexibility index (Phi) is 6.37. The normalized spacial score (nSPS) is 11.0. The number of carbonyl (C=O) groups excluding carboxylic acids is 1. The molecule has 0 saturated carbocycles. The average molecular weight is 452 g/mol. The van der Waals surface area contributed by atoms with Gasteiger partial charge in [0.15, 0.2) is 0 Å². The van der Waals surface area contributed by atoms with Crippen LogP contribution in [0, 0.1) is 18.3 Å². The summed E-state index contributed by atoms with van der Waals surface area (Å²) in [6.45, 7) is 1.89. The van der Waals surface area contributed by atoms with Gasteiger partial charge >= 0.3 is 0 Å². The molecule has 2 heterocycles. The van der Waals surface area contributed by atoms with Gasteiger partial charge in [0.1, 0.15) is 34.4 Å². The van der Waals surface area contributed by atoms with E-state index in [9.17, 15) is 14.9 Å². The molecular weight excluding hydrogens is 432 g/mol. The van der Waals surface area contributed by atoms with Gasteiger partial charge in [-0.3, -0.25) is 14.0 Å². The van der Waals surface area contributed by atoms with E-state index < -0.39 is 11.5 Å². The number of pyridine rings is 1. The van der Waals surface area contributed by atoms with Crippen molar-refractivity contribution in [3.63, 3.8) is 0 Å². The highest BCUT2D eigenvalue weighted by molar-refractivity contribution is 6.09. The molecule has 8 nitrogen and oxygen atoms in total. The van der Waals surface area contributed by atoms with E-state index in [1.165, 1.54) is 10.5 Å². The summed E-state index contributed by atoms with van der Waals surface area (Å²) in [5.74, 6) is 0.363. The summed E-state index contributed by atoms with van der Waals surface area (Å²) in [4.78, 5) is 30.5. The maximum atomic E-state index is 13.3. The molecule has 0 radical (unpaired) electrons. The van der Waals surface area contributed by atoms with E-state index >= 15 is 0 Å². The van der Waals surface area contributed by atoms with Gasteiger partial charge in [-0.2, -0.15) is 10.2 Å². The van der Waals surface area contributed by atoms with Crippen LogP contribution in [-0.4, -0.2) is 22.4 Å². The van der Waals surface area contributed by atoms with Gasteiger partial charge in [-0.1, -0.05) is 18.2 Å². The topological polar surface area (TPSA) is 106 Å². The number of nitrogens with zero attached hydrogens (tertiary/aromatic N) is 3. The molecule has 4 rings (SSSR count). The zero-order chi connectivity index (χ0) is 24.1. The van der Waals surface area contributed by atoms with Crippen molar-refractivity contribution < 1.29 is 14.3 Å². The minimum atomic E-state index is -0.652. The fraction of sp³-hybridized carbons (Fsp3) is 0.0769. The zero-order valence-corrected chi connectivity index (χ0v) is 18.5. The molecule has 0 atom stereocenters. The number of methoxy groups -OCH3 is 1. The maximum absolute atomic E-state index is 13.3. The third-order valence-electron chi connectivity index (χ3n) is 4.94. The lowest BCUT2D eigenvalue weighted by Gasteiger charge is -2.11. The number of aryl methyl sites for hydroxylation is 1. The highest BCUT2D eigenvalue weighted by Gasteiger charge is 2.17. The molecule has 0 aliphatic rings. The molecule has 0 fully saturated rings. The van der Waals surface area contributed by atoms with Gasteiger partial charge in [-0.15, -0.1) is 0 Å². The number of nitriles is 1. The first-order chi connectivity index (χ1) is 16.5. The second-order valence-corrected chi connectivity index (χ2v) is 7.34. The van der Waals surface area contributed by atoms with Gasteiger partial charge in [0.25, 0.3) is 11.5 Å². The zero-order valence-electron chi connectivity index (χ0n) is 18.5. The molecule has 2 aromatic heterocycles. The molecule has 2 aromatic carbocycles. The van der Waals surface area contributed by atoms with Crippen molar-refractivity contribution in [2.24, 2.45) is 0 Å². The molecule has 1 N–H and O–H groups in total. The predicted molar refractivity (Wildman–Crippen MR) is 128 cm³/mol. The Hall–Kier alpha value is -4.90. The summed E-state index contributed by atoms with van der Waals surface area (Å²) in [6, 6.07) is 20.9. The van der Waals surface area contributed by atoms with Crippen LogP contribution in [0.2, 0.25) is 0 Å². The van der Waals surface area contributed by atoms with Gasteiger partial charge in [0, 0.05) is 11.9 Å². The number of fused-ring (bicyclic) bond motifs is 1. The number of anilines is 1. The molecule has 0 unspecified atom stereocenters. The van der Waals surface area contributed by atoms with Gasteiger partial charge in [-0.05, 0) is 67.1 Å². The van der Waals surface area contributed by atoms with Crippen LogP contribution in [0.4, 0.5) is 5.69 Å². The van der Waals surface area contributed by atoms with E-state index in [-0.39, 0.29) is 17.0 Å². The summed E-state index contributed by atoms with van der Waals surface area (Å²) >= 11 is 0. The van der Waals surface area contributed by atoms with E-state index in [1.54, 1.807) is 74.0 Å². The van der Waals surface area contributed by atoms with Crippen LogP contribution in [0.1, 0.15) is 11.1 Å². The van der Waals surface area contributed by atoms with Gasteiger partial charge < -0.3 is 14.8 Å². The number of nitrogens with one attached hydrogen (secondary N) is 1. The van der Waals surface area contributed by atoms with E-state index in [0.717, 1.165) is 5.56 Å². The minimum Gasteiger partial charge on any atom is -0.497 e. The fourth-order valence-corrected chi connectivity index (χ4v) is 3.25. The monoisotopic (exact) mass is 452 g/mol. The Morgan fingerprint density at radius 3 is 2.56 bits per heavy atom. The Labute approximate surface area is 195 Å². The smallest absolute Gasteiger partial charge is 0.269 e. The Bertz CT molecular complexity index is 1500. The molecule has 4 aromatic rings. The molecule has 0 saturated heterocycles. The first kappa shape index (κ1) is 22.3. The first-order valence-corrected chi connectivity index (χ1v) is 10.3. The third kappa shape index (κ3) is 4.79.